The van der Waals surface area contributed by atoms with Crippen molar-refractivity contribution in [2.75, 3.05) is 32.7 Å². The van der Waals surface area contributed by atoms with Crippen molar-refractivity contribution in [1.29, 1.82) is 0 Å². The molecule has 1 heterocycles. The molecule has 1 saturated heterocycles. The number of nitrogens with one attached hydrogen (secondary N) is 1. The van der Waals surface area contributed by atoms with Gasteiger partial charge in [0.25, 0.3) is 0 Å². The van der Waals surface area contributed by atoms with Gasteiger partial charge in [0, 0.05) is 50.7 Å². The summed E-state index contributed by atoms with van der Waals surface area (Å²) < 4.78 is 39.7. The Bertz CT molecular complexity index is 928. The number of carbonyl (C=O) groups excluding carboxylic acids is 1. The van der Waals surface area contributed by atoms with Crippen molar-refractivity contribution in [2.45, 2.75) is 17.9 Å². The van der Waals surface area contributed by atoms with Crippen LogP contribution >= 0.6 is 11.6 Å². The molecule has 0 aliphatic carbocycles. The zero-order chi connectivity index (χ0) is 20.9. The van der Waals surface area contributed by atoms with Gasteiger partial charge in [-0.25, -0.2) is 17.5 Å². The normalized spacial score (nSPS) is 15.4. The summed E-state index contributed by atoms with van der Waals surface area (Å²) in [4.78, 5) is 16.4. The average Bonchev–Trinajstić information content (AvgIpc) is 2.70. The van der Waals surface area contributed by atoms with Gasteiger partial charge in [0.05, 0.1) is 4.90 Å². The van der Waals surface area contributed by atoms with Gasteiger partial charge in [-0.05, 0) is 42.0 Å². The van der Waals surface area contributed by atoms with Crippen molar-refractivity contribution in [3.8, 4) is 0 Å². The first-order valence-electron chi connectivity index (χ1n) is 9.33. The summed E-state index contributed by atoms with van der Waals surface area (Å²) in [5, 5.41) is 0.708. The molecule has 3 rings (SSSR count). The van der Waals surface area contributed by atoms with Crippen molar-refractivity contribution in [1.82, 2.24) is 14.5 Å². The predicted octanol–water partition coefficient (Wildman–Crippen LogP) is 2.49. The van der Waals surface area contributed by atoms with Crippen molar-refractivity contribution < 1.29 is 17.6 Å². The molecular weight excluding hydrogens is 417 g/mol. The molecule has 0 aromatic heterocycles. The maximum absolute atomic E-state index is 12.9. The van der Waals surface area contributed by atoms with Crippen LogP contribution in [-0.2, 0) is 21.4 Å². The molecule has 1 N–H and O–H groups in total. The van der Waals surface area contributed by atoms with Gasteiger partial charge < -0.3 is 4.90 Å². The van der Waals surface area contributed by atoms with Crippen LogP contribution in [0, 0.1) is 5.82 Å². The van der Waals surface area contributed by atoms with E-state index in [1.165, 1.54) is 17.7 Å². The van der Waals surface area contributed by atoms with Gasteiger partial charge in [0.15, 0.2) is 0 Å². The summed E-state index contributed by atoms with van der Waals surface area (Å²) in [5.74, 6) is -0.590. The van der Waals surface area contributed by atoms with Crippen molar-refractivity contribution >= 4 is 27.5 Å². The fourth-order valence-electron chi connectivity index (χ4n) is 3.15. The van der Waals surface area contributed by atoms with Crippen LogP contribution in [0.2, 0.25) is 5.02 Å². The zero-order valence-electron chi connectivity index (χ0n) is 15.9. The molecule has 0 radical (unpaired) electrons. The van der Waals surface area contributed by atoms with Gasteiger partial charge in [-0.15, -0.1) is 0 Å². The fraction of sp³-hybridized carbons (Fsp3) is 0.350. The second-order valence-corrected chi connectivity index (χ2v) is 9.09. The third-order valence-corrected chi connectivity index (χ3v) is 6.53. The third-order valence-electron chi connectivity index (χ3n) is 4.80. The van der Waals surface area contributed by atoms with Crippen LogP contribution in [0.1, 0.15) is 12.0 Å². The zero-order valence-corrected chi connectivity index (χ0v) is 17.4. The molecule has 0 spiro atoms. The standard InChI is InChI=1S/C20H23ClFN3O3S/c21-17-3-1-16(2-4-17)15-24-11-13-25(14-12-24)20(26)9-10-23-29(27,28)19-7-5-18(22)6-8-19/h1-8,23H,9-15H2. The first-order valence-corrected chi connectivity index (χ1v) is 11.2. The van der Waals surface area contributed by atoms with Crippen LogP contribution < -0.4 is 4.72 Å². The number of hydrogen-bond acceptors (Lipinski definition) is 4. The van der Waals surface area contributed by atoms with E-state index in [1.54, 1.807) is 4.90 Å². The fourth-order valence-corrected chi connectivity index (χ4v) is 4.31. The molecule has 1 fully saturated rings. The van der Waals surface area contributed by atoms with Gasteiger partial charge in [0.1, 0.15) is 5.82 Å². The lowest BCUT2D eigenvalue weighted by Crippen LogP contribution is -2.48. The Labute approximate surface area is 175 Å². The molecule has 2 aromatic carbocycles. The highest BCUT2D eigenvalue weighted by Crippen LogP contribution is 2.13. The molecule has 9 heteroatoms. The van der Waals surface area contributed by atoms with Crippen LogP contribution in [-0.4, -0.2) is 56.8 Å². The smallest absolute Gasteiger partial charge is 0.240 e. The van der Waals surface area contributed by atoms with E-state index in [1.807, 2.05) is 24.3 Å². The maximum atomic E-state index is 12.9. The summed E-state index contributed by atoms with van der Waals surface area (Å²) in [5.41, 5.74) is 1.17. The predicted molar refractivity (Wildman–Crippen MR) is 110 cm³/mol. The minimum absolute atomic E-state index is 0.00350. The summed E-state index contributed by atoms with van der Waals surface area (Å²) >= 11 is 5.90. The van der Waals surface area contributed by atoms with E-state index in [-0.39, 0.29) is 23.8 Å². The summed E-state index contributed by atoms with van der Waals surface area (Å²) in [7, 11) is -3.75. The quantitative estimate of drug-likeness (QED) is 0.719. The van der Waals surface area contributed by atoms with E-state index in [0.717, 1.165) is 31.8 Å². The van der Waals surface area contributed by atoms with E-state index in [0.29, 0.717) is 18.1 Å². The molecule has 1 aliphatic heterocycles. The lowest BCUT2D eigenvalue weighted by atomic mass is 10.2. The molecule has 29 heavy (non-hydrogen) atoms. The molecule has 156 valence electrons. The Morgan fingerprint density at radius 1 is 1.00 bits per heavy atom. The maximum Gasteiger partial charge on any atom is 0.240 e. The first-order chi connectivity index (χ1) is 13.8. The monoisotopic (exact) mass is 439 g/mol. The lowest BCUT2D eigenvalue weighted by molar-refractivity contribution is -0.132. The van der Waals surface area contributed by atoms with Gasteiger partial charge >= 0.3 is 0 Å². The Morgan fingerprint density at radius 3 is 2.24 bits per heavy atom. The molecular formula is C20H23ClFN3O3S. The van der Waals surface area contributed by atoms with Crippen LogP contribution in [0.4, 0.5) is 4.39 Å². The van der Waals surface area contributed by atoms with Gasteiger partial charge in [0.2, 0.25) is 15.9 Å². The van der Waals surface area contributed by atoms with Crippen molar-refractivity contribution in [3.63, 3.8) is 0 Å². The summed E-state index contributed by atoms with van der Waals surface area (Å²) in [6, 6.07) is 12.3. The number of carbonyl (C=O) groups is 1. The number of halogens is 2. The highest BCUT2D eigenvalue weighted by Gasteiger charge is 2.21. The van der Waals surface area contributed by atoms with Crippen molar-refractivity contribution in [2.24, 2.45) is 0 Å². The van der Waals surface area contributed by atoms with Gasteiger partial charge in [-0.2, -0.15) is 0 Å². The van der Waals surface area contributed by atoms with Crippen LogP contribution in [0.15, 0.2) is 53.4 Å². The molecule has 6 nitrogen and oxygen atoms in total. The molecule has 0 unspecified atom stereocenters. The van der Waals surface area contributed by atoms with E-state index in [4.69, 9.17) is 11.6 Å². The summed E-state index contributed by atoms with van der Waals surface area (Å²) in [6.45, 7) is 3.54. The number of rotatable bonds is 7. The average molecular weight is 440 g/mol. The number of nitrogens with zero attached hydrogens (tertiary/aromatic N) is 2. The molecule has 0 atom stereocenters. The summed E-state index contributed by atoms with van der Waals surface area (Å²) in [6.07, 6.45) is 0.0810. The van der Waals surface area contributed by atoms with E-state index < -0.39 is 15.8 Å². The van der Waals surface area contributed by atoms with Gasteiger partial charge in [-0.1, -0.05) is 23.7 Å². The number of benzene rings is 2. The SMILES string of the molecule is O=C(CCNS(=O)(=O)c1ccc(F)cc1)N1CCN(Cc2ccc(Cl)cc2)CC1. The minimum atomic E-state index is -3.75. The topological polar surface area (TPSA) is 69.7 Å². The van der Waals surface area contributed by atoms with E-state index in [9.17, 15) is 17.6 Å². The Hall–Kier alpha value is -2.00. The highest BCUT2D eigenvalue weighted by atomic mass is 35.5. The van der Waals surface area contributed by atoms with Crippen molar-refractivity contribution in [3.05, 3.63) is 64.9 Å². The molecule has 1 aliphatic rings. The minimum Gasteiger partial charge on any atom is -0.340 e. The molecule has 1 amide bonds. The van der Waals surface area contributed by atoms with E-state index in [2.05, 4.69) is 9.62 Å². The molecule has 0 saturated carbocycles. The van der Waals surface area contributed by atoms with Crippen LogP contribution in [0.5, 0.6) is 0 Å². The lowest BCUT2D eigenvalue weighted by Gasteiger charge is -2.34. The Balaban J connectivity index is 1.41. The van der Waals surface area contributed by atoms with Crippen LogP contribution in [0.3, 0.4) is 0 Å². The largest absolute Gasteiger partial charge is 0.340 e. The Kier molecular flexibility index (Phi) is 7.23. The number of sulfonamides is 1. The highest BCUT2D eigenvalue weighted by molar-refractivity contribution is 7.89. The molecule has 0 bridgehead atoms. The molecule has 2 aromatic rings. The van der Waals surface area contributed by atoms with Gasteiger partial charge in [-0.3, -0.25) is 9.69 Å². The third kappa shape index (κ3) is 6.24. The number of piperazine rings is 1. The second kappa shape index (κ2) is 9.67. The first kappa shape index (κ1) is 21.7. The second-order valence-electron chi connectivity index (χ2n) is 6.89. The number of hydrogen-bond donors (Lipinski definition) is 1. The number of amides is 1. The van der Waals surface area contributed by atoms with Crippen LogP contribution in [0.25, 0.3) is 0 Å². The van der Waals surface area contributed by atoms with E-state index >= 15 is 0 Å². The Morgan fingerprint density at radius 2 is 1.62 bits per heavy atom.